The van der Waals surface area contributed by atoms with Crippen LogP contribution in [-0.2, 0) is 4.79 Å². The molecule has 20 heavy (non-hydrogen) atoms. The Balaban J connectivity index is 2.05. The van der Waals surface area contributed by atoms with Crippen LogP contribution in [0, 0.1) is 0 Å². The first kappa shape index (κ1) is 12.2. The third kappa shape index (κ3) is 2.07. The van der Waals surface area contributed by atoms with E-state index in [1.165, 1.54) is 13.3 Å². The van der Waals surface area contributed by atoms with Crippen molar-refractivity contribution in [1.82, 2.24) is 9.97 Å². The Morgan fingerprint density at radius 2 is 2.00 bits per heavy atom. The zero-order chi connectivity index (χ0) is 14.1. The minimum Gasteiger partial charge on any atom is -0.445 e. The molecule has 0 fully saturated rings. The summed E-state index contributed by atoms with van der Waals surface area (Å²) in [6.45, 7) is 1.47. The van der Waals surface area contributed by atoms with Gasteiger partial charge in [-0.15, -0.1) is 0 Å². The van der Waals surface area contributed by atoms with Crippen LogP contribution in [0.3, 0.4) is 0 Å². The quantitative estimate of drug-likeness (QED) is 0.744. The fraction of sp³-hybridized carbons (Fsp3) is 0.0714. The number of nitrogen functional groups attached to an aromatic ring is 1. The van der Waals surface area contributed by atoms with E-state index in [4.69, 9.17) is 10.2 Å². The van der Waals surface area contributed by atoms with Gasteiger partial charge in [-0.25, -0.2) is 9.97 Å². The summed E-state index contributed by atoms with van der Waals surface area (Å²) in [5.74, 6) is 0.272. The molecule has 1 aromatic carbocycles. The van der Waals surface area contributed by atoms with Crippen LogP contribution in [0.25, 0.3) is 22.2 Å². The van der Waals surface area contributed by atoms with Crippen LogP contribution >= 0.6 is 0 Å². The van der Waals surface area contributed by atoms with Crippen LogP contribution in [0.1, 0.15) is 6.92 Å². The first-order valence-electron chi connectivity index (χ1n) is 6.01. The molecule has 2 aromatic heterocycles. The molecule has 0 radical (unpaired) electrons. The number of fused-ring (bicyclic) bond motifs is 1. The highest BCUT2D eigenvalue weighted by molar-refractivity contribution is 5.99. The standard InChI is InChI=1S/C14H12N4O2/c1-8(19)18-10-4-2-9(3-5-10)11-6-20-14-12(11)13(15)16-7-17-14/h2-7H,1H3,(H,18,19)(H2,15,16,17). The molecule has 6 nitrogen and oxygen atoms in total. The number of rotatable bonds is 2. The van der Waals surface area contributed by atoms with E-state index in [2.05, 4.69) is 15.3 Å². The molecular weight excluding hydrogens is 256 g/mol. The van der Waals surface area contributed by atoms with Gasteiger partial charge in [-0.3, -0.25) is 4.79 Å². The van der Waals surface area contributed by atoms with Crippen molar-refractivity contribution in [2.45, 2.75) is 6.92 Å². The van der Waals surface area contributed by atoms with E-state index in [1.54, 1.807) is 6.26 Å². The average Bonchev–Trinajstić information content (AvgIpc) is 2.84. The predicted molar refractivity (Wildman–Crippen MR) is 76.0 cm³/mol. The van der Waals surface area contributed by atoms with Crippen molar-refractivity contribution < 1.29 is 9.21 Å². The van der Waals surface area contributed by atoms with Gasteiger partial charge < -0.3 is 15.5 Å². The van der Waals surface area contributed by atoms with E-state index in [-0.39, 0.29) is 5.91 Å². The second-order valence-corrected chi connectivity index (χ2v) is 4.35. The van der Waals surface area contributed by atoms with Crippen LogP contribution in [0.4, 0.5) is 11.5 Å². The Morgan fingerprint density at radius 1 is 1.25 bits per heavy atom. The molecule has 1 amide bonds. The number of carbonyl (C=O) groups excluding carboxylic acids is 1. The van der Waals surface area contributed by atoms with E-state index >= 15 is 0 Å². The van der Waals surface area contributed by atoms with Gasteiger partial charge in [-0.05, 0) is 17.7 Å². The van der Waals surface area contributed by atoms with E-state index in [9.17, 15) is 4.79 Å². The molecule has 3 aromatic rings. The number of carbonyl (C=O) groups is 1. The molecule has 6 heteroatoms. The van der Waals surface area contributed by atoms with Crippen LogP contribution in [0.2, 0.25) is 0 Å². The molecule has 0 saturated heterocycles. The molecule has 2 heterocycles. The second-order valence-electron chi connectivity index (χ2n) is 4.35. The van der Waals surface area contributed by atoms with Crippen LogP contribution in [-0.4, -0.2) is 15.9 Å². The summed E-state index contributed by atoms with van der Waals surface area (Å²) in [7, 11) is 0. The monoisotopic (exact) mass is 268 g/mol. The number of aromatic nitrogens is 2. The highest BCUT2D eigenvalue weighted by atomic mass is 16.3. The van der Waals surface area contributed by atoms with Gasteiger partial charge in [-0.1, -0.05) is 12.1 Å². The van der Waals surface area contributed by atoms with E-state index < -0.39 is 0 Å². The fourth-order valence-electron chi connectivity index (χ4n) is 2.05. The molecule has 3 rings (SSSR count). The van der Waals surface area contributed by atoms with Crippen molar-refractivity contribution in [3.8, 4) is 11.1 Å². The van der Waals surface area contributed by atoms with Crippen molar-refractivity contribution in [2.24, 2.45) is 0 Å². The van der Waals surface area contributed by atoms with Crippen molar-refractivity contribution in [1.29, 1.82) is 0 Å². The maximum Gasteiger partial charge on any atom is 0.231 e. The molecule has 0 atom stereocenters. The number of furan rings is 1. The fourth-order valence-corrected chi connectivity index (χ4v) is 2.05. The van der Waals surface area contributed by atoms with E-state index in [0.717, 1.165) is 16.8 Å². The average molecular weight is 268 g/mol. The number of nitrogens with two attached hydrogens (primary N) is 1. The maximum atomic E-state index is 11.0. The molecule has 0 spiro atoms. The Bertz CT molecular complexity index is 777. The van der Waals surface area contributed by atoms with Crippen LogP contribution in [0.15, 0.2) is 41.3 Å². The summed E-state index contributed by atoms with van der Waals surface area (Å²) in [5, 5.41) is 3.41. The van der Waals surface area contributed by atoms with Gasteiger partial charge in [0.2, 0.25) is 11.6 Å². The zero-order valence-electron chi connectivity index (χ0n) is 10.8. The third-order valence-corrected chi connectivity index (χ3v) is 2.92. The van der Waals surface area contributed by atoms with Crippen LogP contribution in [0.5, 0.6) is 0 Å². The molecule has 100 valence electrons. The number of anilines is 2. The predicted octanol–water partition coefficient (Wildman–Crippen LogP) is 2.43. The van der Waals surface area contributed by atoms with Gasteiger partial charge >= 0.3 is 0 Å². The molecule has 0 unspecified atom stereocenters. The van der Waals surface area contributed by atoms with Crippen molar-refractivity contribution >= 4 is 28.5 Å². The van der Waals surface area contributed by atoms with Gasteiger partial charge in [0.1, 0.15) is 18.4 Å². The summed E-state index contributed by atoms with van der Waals surface area (Å²) in [4.78, 5) is 19.0. The third-order valence-electron chi connectivity index (χ3n) is 2.92. The van der Waals surface area contributed by atoms with Crippen molar-refractivity contribution in [3.05, 3.63) is 36.9 Å². The molecule has 0 bridgehead atoms. The highest BCUT2D eigenvalue weighted by Gasteiger charge is 2.12. The lowest BCUT2D eigenvalue weighted by Crippen LogP contribution is -2.05. The van der Waals surface area contributed by atoms with Crippen molar-refractivity contribution in [3.63, 3.8) is 0 Å². The minimum absolute atomic E-state index is 0.107. The number of nitrogens with one attached hydrogen (secondary N) is 1. The minimum atomic E-state index is -0.107. The topological polar surface area (TPSA) is 94.0 Å². The SMILES string of the molecule is CC(=O)Nc1ccc(-c2coc3ncnc(N)c23)cc1. The number of amides is 1. The molecule has 0 aliphatic carbocycles. The van der Waals surface area contributed by atoms with Gasteiger partial charge in [0.05, 0.1) is 5.39 Å². The summed E-state index contributed by atoms with van der Waals surface area (Å²) >= 11 is 0. The summed E-state index contributed by atoms with van der Waals surface area (Å²) in [6, 6.07) is 7.38. The largest absolute Gasteiger partial charge is 0.445 e. The molecule has 3 N–H and O–H groups in total. The Hall–Kier alpha value is -2.89. The second kappa shape index (κ2) is 4.65. The lowest BCUT2D eigenvalue weighted by atomic mass is 10.1. The van der Waals surface area contributed by atoms with Gasteiger partial charge in [0, 0.05) is 18.2 Å². The highest BCUT2D eigenvalue weighted by Crippen LogP contribution is 2.32. The number of hydrogen-bond donors (Lipinski definition) is 2. The zero-order valence-corrected chi connectivity index (χ0v) is 10.8. The molecule has 0 saturated carbocycles. The first-order chi connectivity index (χ1) is 9.65. The Kier molecular flexibility index (Phi) is 2.83. The van der Waals surface area contributed by atoms with Gasteiger partial charge in [0.15, 0.2) is 0 Å². The van der Waals surface area contributed by atoms with Gasteiger partial charge in [0.25, 0.3) is 0 Å². The van der Waals surface area contributed by atoms with Crippen LogP contribution < -0.4 is 11.1 Å². The van der Waals surface area contributed by atoms with Crippen molar-refractivity contribution in [2.75, 3.05) is 11.1 Å². The smallest absolute Gasteiger partial charge is 0.231 e. The van der Waals surface area contributed by atoms with E-state index in [0.29, 0.717) is 16.9 Å². The number of nitrogens with zero attached hydrogens (tertiary/aromatic N) is 2. The Labute approximate surface area is 114 Å². The number of hydrogen-bond acceptors (Lipinski definition) is 5. The Morgan fingerprint density at radius 3 is 2.70 bits per heavy atom. The normalized spacial score (nSPS) is 10.7. The molecular formula is C14H12N4O2. The van der Waals surface area contributed by atoms with Gasteiger partial charge in [-0.2, -0.15) is 0 Å². The van der Waals surface area contributed by atoms with E-state index in [1.807, 2.05) is 24.3 Å². The number of benzene rings is 1. The first-order valence-corrected chi connectivity index (χ1v) is 6.01. The molecule has 0 aliphatic rings. The lowest BCUT2D eigenvalue weighted by molar-refractivity contribution is -0.114. The lowest BCUT2D eigenvalue weighted by Gasteiger charge is -2.04. The summed E-state index contributed by atoms with van der Waals surface area (Å²) < 4.78 is 5.38. The maximum absolute atomic E-state index is 11.0. The summed E-state index contributed by atoms with van der Waals surface area (Å²) in [6.07, 6.45) is 2.97. The molecule has 0 aliphatic heterocycles. The summed E-state index contributed by atoms with van der Waals surface area (Å²) in [5.41, 5.74) is 8.80.